The van der Waals surface area contributed by atoms with Crippen LogP contribution in [0.5, 0.6) is 11.5 Å². The summed E-state index contributed by atoms with van der Waals surface area (Å²) in [6.07, 6.45) is -0.792. The summed E-state index contributed by atoms with van der Waals surface area (Å²) in [7, 11) is 3.19. The van der Waals surface area contributed by atoms with Gasteiger partial charge in [-0.15, -0.1) is 0 Å². The lowest BCUT2D eigenvalue weighted by atomic mass is 9.89. The first-order valence-electron chi connectivity index (χ1n) is 10.2. The zero-order valence-electron chi connectivity index (χ0n) is 17.8. The van der Waals surface area contributed by atoms with Crippen molar-refractivity contribution in [1.29, 1.82) is 0 Å². The minimum absolute atomic E-state index is 0.657. The molecular weight excluding hydrogens is 429 g/mol. The molecule has 0 saturated carbocycles. The van der Waals surface area contributed by atoms with Crippen LogP contribution in [0, 0.1) is 0 Å². The third-order valence-electron chi connectivity index (χ3n) is 5.76. The quantitative estimate of drug-likeness (QED) is 0.370. The fraction of sp³-hybridized carbons (Fsp3) is 0.115. The van der Waals surface area contributed by atoms with Gasteiger partial charge in [-0.25, -0.2) is 0 Å². The van der Waals surface area contributed by atoms with E-state index in [0.717, 1.165) is 51.0 Å². The van der Waals surface area contributed by atoms with Gasteiger partial charge in [0.2, 0.25) is 0 Å². The molecule has 1 aliphatic rings. The fourth-order valence-electron chi connectivity index (χ4n) is 4.10. The highest BCUT2D eigenvalue weighted by Crippen LogP contribution is 2.43. The number of fused-ring (bicyclic) bond motifs is 2. The fourth-order valence-corrected chi connectivity index (χ4v) is 4.10. The number of aromatic nitrogens is 1. The summed E-state index contributed by atoms with van der Waals surface area (Å²) in [6.45, 7) is 0. The van der Waals surface area contributed by atoms with Crippen LogP contribution in [-0.2, 0) is 6.18 Å². The van der Waals surface area contributed by atoms with Crippen LogP contribution >= 0.6 is 0 Å². The van der Waals surface area contributed by atoms with Gasteiger partial charge >= 0.3 is 6.18 Å². The van der Waals surface area contributed by atoms with Crippen LogP contribution in [0.2, 0.25) is 0 Å². The van der Waals surface area contributed by atoms with Gasteiger partial charge < -0.3 is 14.5 Å². The van der Waals surface area contributed by atoms with E-state index in [0.29, 0.717) is 17.1 Å². The van der Waals surface area contributed by atoms with Gasteiger partial charge in [0.15, 0.2) is 0 Å². The molecule has 4 nitrogen and oxygen atoms in total. The second-order valence-corrected chi connectivity index (χ2v) is 7.62. The average Bonchev–Trinajstić information content (AvgIpc) is 3.43. The molecule has 5 rings (SSSR count). The van der Waals surface area contributed by atoms with Crippen molar-refractivity contribution in [2.75, 3.05) is 14.2 Å². The largest absolute Gasteiger partial charge is 0.497 e. The summed E-state index contributed by atoms with van der Waals surface area (Å²) < 4.78 is 50.2. The van der Waals surface area contributed by atoms with E-state index in [2.05, 4.69) is 9.98 Å². The van der Waals surface area contributed by atoms with E-state index in [1.54, 1.807) is 20.4 Å². The zero-order chi connectivity index (χ0) is 23.2. The lowest BCUT2D eigenvalue weighted by molar-refractivity contribution is -0.137. The molecule has 1 N–H and O–H groups in total. The average molecular weight is 448 g/mol. The monoisotopic (exact) mass is 448 g/mol. The van der Waals surface area contributed by atoms with Crippen LogP contribution < -0.4 is 9.47 Å². The maximum Gasteiger partial charge on any atom is 0.416 e. The van der Waals surface area contributed by atoms with Gasteiger partial charge in [0.05, 0.1) is 25.5 Å². The number of alkyl halides is 3. The predicted molar refractivity (Wildman–Crippen MR) is 123 cm³/mol. The molecule has 0 bridgehead atoms. The number of nitrogens with zero attached hydrogens (tertiary/aromatic N) is 1. The summed E-state index contributed by atoms with van der Waals surface area (Å²) in [5.74, 6) is 1.39. The number of hydrogen-bond donors (Lipinski definition) is 1. The van der Waals surface area contributed by atoms with Crippen LogP contribution in [0.15, 0.2) is 71.9 Å². The highest BCUT2D eigenvalue weighted by atomic mass is 19.4. The van der Waals surface area contributed by atoms with Crippen molar-refractivity contribution in [3.63, 3.8) is 0 Å². The number of methoxy groups -OCH3 is 2. The number of hydrogen-bond acceptors (Lipinski definition) is 3. The van der Waals surface area contributed by atoms with E-state index in [1.165, 1.54) is 12.1 Å². The van der Waals surface area contributed by atoms with Crippen LogP contribution in [0.25, 0.3) is 22.0 Å². The molecule has 3 aromatic carbocycles. The lowest BCUT2D eigenvalue weighted by Crippen LogP contribution is -2.04. The number of rotatable bonds is 4. The SMILES string of the molecule is COc1ccc2c(c1)N=C/C2=C(/c1ccc(C(F)(F)F)cc1)c1c[nH]c2cc(OC)ccc12. The third kappa shape index (κ3) is 3.65. The Bertz CT molecular complexity index is 1410. The van der Waals surface area contributed by atoms with E-state index in [-0.39, 0.29) is 0 Å². The summed E-state index contributed by atoms with van der Waals surface area (Å²) in [5, 5.41) is 0.925. The first kappa shape index (κ1) is 20.9. The number of halogens is 3. The van der Waals surface area contributed by atoms with E-state index < -0.39 is 11.7 Å². The maximum absolute atomic E-state index is 13.2. The van der Waals surface area contributed by atoms with E-state index in [4.69, 9.17) is 9.47 Å². The molecule has 0 fully saturated rings. The van der Waals surface area contributed by atoms with Crippen LogP contribution in [0.3, 0.4) is 0 Å². The van der Waals surface area contributed by atoms with Gasteiger partial charge in [-0.2, -0.15) is 13.2 Å². The molecule has 4 aromatic rings. The summed E-state index contributed by atoms with van der Waals surface area (Å²) in [6, 6.07) is 16.5. The van der Waals surface area contributed by atoms with Crippen molar-refractivity contribution in [2.45, 2.75) is 6.18 Å². The molecule has 0 spiro atoms. The molecule has 33 heavy (non-hydrogen) atoms. The van der Waals surface area contributed by atoms with Crippen LogP contribution in [0.4, 0.5) is 18.9 Å². The van der Waals surface area contributed by atoms with Crippen molar-refractivity contribution in [3.05, 3.63) is 89.1 Å². The molecule has 1 aromatic heterocycles. The van der Waals surface area contributed by atoms with Gasteiger partial charge in [-0.3, -0.25) is 4.99 Å². The van der Waals surface area contributed by atoms with Crippen LogP contribution in [-0.4, -0.2) is 25.4 Å². The minimum Gasteiger partial charge on any atom is -0.497 e. The molecule has 0 aliphatic carbocycles. The highest BCUT2D eigenvalue weighted by molar-refractivity contribution is 6.27. The van der Waals surface area contributed by atoms with Crippen molar-refractivity contribution < 1.29 is 22.6 Å². The molecule has 0 saturated heterocycles. The van der Waals surface area contributed by atoms with E-state index in [1.807, 2.05) is 42.6 Å². The number of nitrogens with one attached hydrogen (secondary N) is 1. The Balaban J connectivity index is 1.75. The van der Waals surface area contributed by atoms with E-state index in [9.17, 15) is 13.2 Å². The first-order chi connectivity index (χ1) is 15.9. The van der Waals surface area contributed by atoms with Crippen molar-refractivity contribution in [3.8, 4) is 11.5 Å². The number of H-pyrrole nitrogens is 1. The number of aliphatic imine (C=N–C) groups is 1. The van der Waals surface area contributed by atoms with Gasteiger partial charge in [-0.05, 0) is 42.0 Å². The number of allylic oxidation sites excluding steroid dienone is 1. The molecule has 1 aliphatic heterocycles. The Morgan fingerprint density at radius 2 is 1.58 bits per heavy atom. The summed E-state index contributed by atoms with van der Waals surface area (Å²) in [4.78, 5) is 7.79. The van der Waals surface area contributed by atoms with Gasteiger partial charge in [0, 0.05) is 57.7 Å². The molecule has 0 radical (unpaired) electrons. The smallest absolute Gasteiger partial charge is 0.416 e. The second-order valence-electron chi connectivity index (χ2n) is 7.62. The highest BCUT2D eigenvalue weighted by Gasteiger charge is 2.30. The summed E-state index contributed by atoms with van der Waals surface area (Å²) in [5.41, 5.74) is 4.92. The minimum atomic E-state index is -4.40. The Hall–Kier alpha value is -4.00. The van der Waals surface area contributed by atoms with Crippen LogP contribution in [0.1, 0.15) is 22.3 Å². The Kier molecular flexibility index (Phi) is 4.96. The van der Waals surface area contributed by atoms with Gasteiger partial charge in [-0.1, -0.05) is 12.1 Å². The van der Waals surface area contributed by atoms with Crippen molar-refractivity contribution in [1.82, 2.24) is 4.98 Å². The molecule has 0 atom stereocenters. The molecular formula is C26H19F3N2O2. The predicted octanol–water partition coefficient (Wildman–Crippen LogP) is 6.88. The van der Waals surface area contributed by atoms with E-state index >= 15 is 0 Å². The topological polar surface area (TPSA) is 46.6 Å². The standard InChI is InChI=1S/C26H19F3N2O2/c1-32-17-7-9-19-21(13-30-23(19)11-17)25(15-3-5-16(6-4-15)26(27,28)29)22-14-31-24-12-18(33-2)8-10-20(22)24/h3-14,30H,1-2H3/b25-22+. The molecule has 7 heteroatoms. The summed E-state index contributed by atoms with van der Waals surface area (Å²) >= 11 is 0. The van der Waals surface area contributed by atoms with Crippen molar-refractivity contribution in [2.24, 2.45) is 4.99 Å². The Morgan fingerprint density at radius 1 is 0.879 bits per heavy atom. The molecule has 166 valence electrons. The third-order valence-corrected chi connectivity index (χ3v) is 5.76. The van der Waals surface area contributed by atoms with Gasteiger partial charge in [0.1, 0.15) is 11.5 Å². The van der Waals surface area contributed by atoms with Crippen molar-refractivity contribution >= 4 is 34.0 Å². The first-order valence-corrected chi connectivity index (χ1v) is 10.2. The Labute approximate surface area is 188 Å². The molecule has 0 amide bonds. The maximum atomic E-state index is 13.2. The number of aromatic amines is 1. The second kappa shape index (κ2) is 7.85. The molecule has 0 unspecified atom stereocenters. The number of benzene rings is 3. The zero-order valence-corrected chi connectivity index (χ0v) is 17.8. The number of ether oxygens (including phenoxy) is 2. The van der Waals surface area contributed by atoms with Gasteiger partial charge in [0.25, 0.3) is 0 Å². The Morgan fingerprint density at radius 3 is 2.27 bits per heavy atom. The molecule has 2 heterocycles. The lowest BCUT2D eigenvalue weighted by Gasteiger charge is -2.14. The normalized spacial score (nSPS) is 14.5.